The maximum atomic E-state index is 10.6. The molecule has 0 amide bonds. The van der Waals surface area contributed by atoms with Gasteiger partial charge in [-0.3, -0.25) is 0 Å². The average Bonchev–Trinajstić information content (AvgIpc) is 1.64. The van der Waals surface area contributed by atoms with E-state index >= 15 is 0 Å². The molecule has 2 N–H and O–H groups in total. The van der Waals surface area contributed by atoms with Gasteiger partial charge in [0, 0.05) is 4.91 Å². The number of hydrogen-bond acceptors (Lipinski definition) is 1. The Hall–Kier alpha value is -0.150. The molecule has 0 saturated heterocycles. The molecule has 0 fully saturated rings. The molecule has 0 radical (unpaired) electrons. The summed E-state index contributed by atoms with van der Waals surface area (Å²) < 4.78 is 10.6. The molecule has 0 heterocycles. The summed E-state index contributed by atoms with van der Waals surface area (Å²) >= 11 is 0. The van der Waals surface area contributed by atoms with E-state index in [4.69, 9.17) is 5.14 Å². The lowest BCUT2D eigenvalue weighted by molar-refractivity contribution is 0.681. The molecule has 0 spiro atoms. The van der Waals surface area contributed by atoms with E-state index in [1.807, 2.05) is 20.8 Å². The van der Waals surface area contributed by atoms with Crippen molar-refractivity contribution in [1.29, 1.82) is 0 Å². The second-order valence-electron chi connectivity index (χ2n) is 2.14. The summed E-state index contributed by atoms with van der Waals surface area (Å²) in [6, 6.07) is 0. The van der Waals surface area contributed by atoms with Crippen LogP contribution in [0.15, 0.2) is 11.0 Å². The third-order valence-corrected chi connectivity index (χ3v) is 2.26. The van der Waals surface area contributed by atoms with Crippen LogP contribution in [-0.4, -0.2) is 4.21 Å². The zero-order valence-corrected chi connectivity index (χ0v) is 6.87. The molecule has 0 aliphatic heterocycles. The third-order valence-electron chi connectivity index (χ3n) is 1.09. The van der Waals surface area contributed by atoms with Crippen molar-refractivity contribution in [2.45, 2.75) is 20.8 Å². The van der Waals surface area contributed by atoms with Gasteiger partial charge in [-0.15, -0.1) is 0 Å². The van der Waals surface area contributed by atoms with Gasteiger partial charge in [-0.25, -0.2) is 9.35 Å². The Balaban J connectivity index is 4.19. The molecule has 54 valence electrons. The monoisotopic (exact) mass is 147 g/mol. The molecule has 0 bridgehead atoms. The first-order chi connectivity index (χ1) is 4.09. The van der Waals surface area contributed by atoms with Crippen LogP contribution in [0.25, 0.3) is 0 Å². The fourth-order valence-electron chi connectivity index (χ4n) is 0.682. The molecular weight excluding hydrogens is 134 g/mol. The number of allylic oxidation sites excluding steroid dienone is 2. The molecule has 0 rings (SSSR count). The standard InChI is InChI=1S/C6H13NOS/c1-4-6(5(2)3)9(7)8/h4-5H,7H2,1-3H3. The van der Waals surface area contributed by atoms with E-state index in [-0.39, 0.29) is 0 Å². The summed E-state index contributed by atoms with van der Waals surface area (Å²) in [5.41, 5.74) is 0. The van der Waals surface area contributed by atoms with E-state index < -0.39 is 11.0 Å². The van der Waals surface area contributed by atoms with Crippen molar-refractivity contribution >= 4 is 11.0 Å². The molecule has 0 aromatic heterocycles. The highest BCUT2D eigenvalue weighted by Crippen LogP contribution is 2.09. The second-order valence-corrected chi connectivity index (χ2v) is 3.21. The first-order valence-electron chi connectivity index (χ1n) is 2.92. The van der Waals surface area contributed by atoms with Crippen molar-refractivity contribution in [3.8, 4) is 0 Å². The summed E-state index contributed by atoms with van der Waals surface area (Å²) in [4.78, 5) is 0.815. The third kappa shape index (κ3) is 2.77. The number of nitrogens with two attached hydrogens (primary N) is 1. The van der Waals surface area contributed by atoms with E-state index in [0.29, 0.717) is 5.92 Å². The predicted molar refractivity (Wildman–Crippen MR) is 40.9 cm³/mol. The van der Waals surface area contributed by atoms with Crippen molar-refractivity contribution in [3.05, 3.63) is 11.0 Å². The minimum Gasteiger partial charge on any atom is -0.248 e. The quantitative estimate of drug-likeness (QED) is 0.626. The van der Waals surface area contributed by atoms with Crippen LogP contribution in [0.1, 0.15) is 20.8 Å². The normalized spacial score (nSPS) is 16.3. The van der Waals surface area contributed by atoms with E-state index in [2.05, 4.69) is 0 Å². The van der Waals surface area contributed by atoms with Crippen LogP contribution in [0.5, 0.6) is 0 Å². The maximum Gasteiger partial charge on any atom is 0.117 e. The van der Waals surface area contributed by atoms with Gasteiger partial charge >= 0.3 is 0 Å². The summed E-state index contributed by atoms with van der Waals surface area (Å²) in [5, 5.41) is 5.15. The van der Waals surface area contributed by atoms with E-state index in [9.17, 15) is 4.21 Å². The van der Waals surface area contributed by atoms with Crippen molar-refractivity contribution in [2.75, 3.05) is 0 Å². The van der Waals surface area contributed by atoms with Gasteiger partial charge in [0.1, 0.15) is 11.0 Å². The Morgan fingerprint density at radius 3 is 2.11 bits per heavy atom. The molecule has 1 unspecified atom stereocenters. The number of rotatable bonds is 2. The topological polar surface area (TPSA) is 43.1 Å². The molecule has 0 aliphatic rings. The Bertz CT molecular complexity index is 140. The second kappa shape index (κ2) is 3.80. The van der Waals surface area contributed by atoms with Crippen molar-refractivity contribution in [3.63, 3.8) is 0 Å². The van der Waals surface area contributed by atoms with E-state index in [0.717, 1.165) is 4.91 Å². The summed E-state index contributed by atoms with van der Waals surface area (Å²) in [7, 11) is -1.27. The highest BCUT2D eigenvalue weighted by Gasteiger charge is 2.04. The van der Waals surface area contributed by atoms with Gasteiger partial charge in [-0.1, -0.05) is 19.9 Å². The van der Waals surface area contributed by atoms with Crippen LogP contribution in [0.2, 0.25) is 0 Å². The van der Waals surface area contributed by atoms with Crippen LogP contribution in [0.4, 0.5) is 0 Å². The molecule has 0 saturated carbocycles. The van der Waals surface area contributed by atoms with Gasteiger partial charge in [0.25, 0.3) is 0 Å². The molecule has 1 atom stereocenters. The van der Waals surface area contributed by atoms with Crippen molar-refractivity contribution in [1.82, 2.24) is 0 Å². The SMILES string of the molecule is CC=C(C(C)C)S(N)=O. The van der Waals surface area contributed by atoms with Crippen LogP contribution in [-0.2, 0) is 11.0 Å². The van der Waals surface area contributed by atoms with Gasteiger partial charge in [-0.05, 0) is 12.8 Å². The molecular formula is C6H13NOS. The van der Waals surface area contributed by atoms with Gasteiger partial charge in [-0.2, -0.15) is 0 Å². The molecule has 9 heavy (non-hydrogen) atoms. The van der Waals surface area contributed by atoms with Gasteiger partial charge in [0.15, 0.2) is 0 Å². The summed E-state index contributed by atoms with van der Waals surface area (Å²) in [6.07, 6.45) is 1.81. The molecule has 3 heteroatoms. The zero-order valence-electron chi connectivity index (χ0n) is 6.05. The van der Waals surface area contributed by atoms with E-state index in [1.54, 1.807) is 6.08 Å². The maximum absolute atomic E-state index is 10.6. The Labute approximate surface area is 58.7 Å². The highest BCUT2D eigenvalue weighted by molar-refractivity contribution is 7.86. The fraction of sp³-hybridized carbons (Fsp3) is 0.667. The smallest absolute Gasteiger partial charge is 0.117 e. The van der Waals surface area contributed by atoms with Gasteiger partial charge < -0.3 is 0 Å². The average molecular weight is 147 g/mol. The first-order valence-corrected chi connectivity index (χ1v) is 4.13. The van der Waals surface area contributed by atoms with Gasteiger partial charge in [0.05, 0.1) is 0 Å². The van der Waals surface area contributed by atoms with Crippen molar-refractivity contribution < 1.29 is 4.21 Å². The first kappa shape index (κ1) is 8.85. The van der Waals surface area contributed by atoms with E-state index in [1.165, 1.54) is 0 Å². The molecule has 0 aromatic rings. The minimum absolute atomic E-state index is 0.292. The largest absolute Gasteiger partial charge is 0.248 e. The lowest BCUT2D eigenvalue weighted by atomic mass is 10.2. The Morgan fingerprint density at radius 1 is 1.67 bits per heavy atom. The molecule has 0 aromatic carbocycles. The summed E-state index contributed by atoms with van der Waals surface area (Å²) in [5.74, 6) is 0.292. The zero-order chi connectivity index (χ0) is 7.44. The van der Waals surface area contributed by atoms with Crippen LogP contribution < -0.4 is 5.14 Å². The summed E-state index contributed by atoms with van der Waals surface area (Å²) in [6.45, 7) is 5.79. The van der Waals surface area contributed by atoms with Crippen molar-refractivity contribution in [2.24, 2.45) is 11.1 Å². The van der Waals surface area contributed by atoms with Crippen LogP contribution >= 0.6 is 0 Å². The van der Waals surface area contributed by atoms with Crippen LogP contribution in [0, 0.1) is 5.92 Å². The lowest BCUT2D eigenvalue weighted by Crippen LogP contribution is -2.09. The lowest BCUT2D eigenvalue weighted by Gasteiger charge is -2.04. The number of hydrogen-bond donors (Lipinski definition) is 1. The predicted octanol–water partition coefficient (Wildman–Crippen LogP) is 1.17. The molecule has 2 nitrogen and oxygen atoms in total. The minimum atomic E-state index is -1.27. The van der Waals surface area contributed by atoms with Crippen LogP contribution in [0.3, 0.4) is 0 Å². The Morgan fingerprint density at radius 2 is 2.11 bits per heavy atom. The fourth-order valence-corrected chi connectivity index (χ4v) is 1.38. The highest BCUT2D eigenvalue weighted by atomic mass is 32.2. The van der Waals surface area contributed by atoms with Gasteiger partial charge in [0.2, 0.25) is 0 Å². The molecule has 0 aliphatic carbocycles. The Kier molecular flexibility index (Phi) is 3.73.